The molecule has 1 aliphatic rings. The fraction of sp³-hybridized carbons (Fsp3) is 0.800. The zero-order valence-corrected chi connectivity index (χ0v) is 8.87. The first-order chi connectivity index (χ1) is 5.91. The lowest BCUT2D eigenvalue weighted by molar-refractivity contribution is -0.0503. The lowest BCUT2D eigenvalue weighted by Gasteiger charge is -2.25. The molecule has 0 saturated carbocycles. The van der Waals surface area contributed by atoms with E-state index in [1.54, 1.807) is 20.8 Å². The molecule has 13 heavy (non-hydrogen) atoms. The van der Waals surface area contributed by atoms with Crippen LogP contribution in [0.5, 0.6) is 0 Å². The molecule has 0 fully saturated rings. The third-order valence-electron chi connectivity index (χ3n) is 1.74. The highest BCUT2D eigenvalue weighted by atomic mass is 16.5. The van der Waals surface area contributed by atoms with Crippen molar-refractivity contribution in [3.8, 4) is 0 Å². The Hall–Kier alpha value is -0.540. The molecule has 0 saturated heterocycles. The molecule has 0 aromatic heterocycles. The Balaban J connectivity index is 0.000000424. The molecular formula is C10H20O3. The van der Waals surface area contributed by atoms with Crippen molar-refractivity contribution in [2.45, 2.75) is 45.8 Å². The van der Waals surface area contributed by atoms with E-state index in [1.165, 1.54) is 0 Å². The van der Waals surface area contributed by atoms with Crippen LogP contribution < -0.4 is 0 Å². The maximum atomic E-state index is 9.48. The molecule has 1 heterocycles. The van der Waals surface area contributed by atoms with E-state index in [0.29, 0.717) is 0 Å². The first-order valence-corrected chi connectivity index (χ1v) is 4.58. The topological polar surface area (TPSA) is 49.7 Å². The van der Waals surface area contributed by atoms with Gasteiger partial charge in [0.1, 0.15) is 6.10 Å². The van der Waals surface area contributed by atoms with Gasteiger partial charge in [0, 0.05) is 13.0 Å². The lowest BCUT2D eigenvalue weighted by Crippen LogP contribution is -2.35. The molecule has 0 spiro atoms. The van der Waals surface area contributed by atoms with Crippen LogP contribution in [-0.2, 0) is 4.74 Å². The highest BCUT2D eigenvalue weighted by Gasteiger charge is 2.30. The van der Waals surface area contributed by atoms with Crippen LogP contribution in [-0.4, -0.2) is 28.5 Å². The smallest absolute Gasteiger partial charge is 0.130 e. The van der Waals surface area contributed by atoms with Crippen LogP contribution in [0.1, 0.15) is 34.1 Å². The minimum Gasteiger partial charge on any atom is -0.492 e. The maximum Gasteiger partial charge on any atom is 0.130 e. The standard InChI is InChI=1S/C8H14O2.C2H6O/c1-6-4-5-7(10-6)8(2,3)9;1-2-3/h4,7,9H,5H2,1-3H3;3H,2H2,1H3. The number of rotatable bonds is 1. The van der Waals surface area contributed by atoms with Gasteiger partial charge in [-0.15, -0.1) is 0 Å². The minimum atomic E-state index is -0.714. The summed E-state index contributed by atoms with van der Waals surface area (Å²) in [5.74, 6) is 0.923. The zero-order valence-electron chi connectivity index (χ0n) is 8.87. The van der Waals surface area contributed by atoms with Crippen LogP contribution in [0.4, 0.5) is 0 Å². The number of aliphatic hydroxyl groups excluding tert-OH is 1. The van der Waals surface area contributed by atoms with Gasteiger partial charge >= 0.3 is 0 Å². The van der Waals surface area contributed by atoms with E-state index in [4.69, 9.17) is 9.84 Å². The van der Waals surface area contributed by atoms with Crippen molar-refractivity contribution in [1.82, 2.24) is 0 Å². The van der Waals surface area contributed by atoms with Gasteiger partial charge in [0.05, 0.1) is 11.4 Å². The van der Waals surface area contributed by atoms with E-state index in [2.05, 4.69) is 0 Å². The van der Waals surface area contributed by atoms with E-state index in [-0.39, 0.29) is 12.7 Å². The molecule has 0 aromatic rings. The Morgan fingerprint density at radius 2 is 2.08 bits per heavy atom. The summed E-state index contributed by atoms with van der Waals surface area (Å²) in [4.78, 5) is 0. The van der Waals surface area contributed by atoms with Crippen LogP contribution in [0.25, 0.3) is 0 Å². The van der Waals surface area contributed by atoms with Crippen molar-refractivity contribution < 1.29 is 14.9 Å². The summed E-state index contributed by atoms with van der Waals surface area (Å²) in [5.41, 5.74) is -0.714. The summed E-state index contributed by atoms with van der Waals surface area (Å²) in [7, 11) is 0. The molecule has 3 nitrogen and oxygen atoms in total. The number of ether oxygens (including phenoxy) is 1. The molecule has 2 N–H and O–H groups in total. The van der Waals surface area contributed by atoms with Gasteiger partial charge in [-0.1, -0.05) is 0 Å². The average molecular weight is 188 g/mol. The van der Waals surface area contributed by atoms with Gasteiger partial charge in [-0.2, -0.15) is 0 Å². The Morgan fingerprint density at radius 3 is 2.23 bits per heavy atom. The van der Waals surface area contributed by atoms with Crippen molar-refractivity contribution in [3.05, 3.63) is 11.8 Å². The van der Waals surface area contributed by atoms with Gasteiger partial charge in [0.25, 0.3) is 0 Å². The number of aliphatic hydroxyl groups is 2. The Morgan fingerprint density at radius 1 is 1.62 bits per heavy atom. The van der Waals surface area contributed by atoms with Gasteiger partial charge in [-0.25, -0.2) is 0 Å². The molecule has 3 heteroatoms. The summed E-state index contributed by atoms with van der Waals surface area (Å²) < 4.78 is 5.34. The van der Waals surface area contributed by atoms with Gasteiger partial charge in [0.15, 0.2) is 0 Å². The Kier molecular flexibility index (Phi) is 5.03. The number of hydrogen-bond acceptors (Lipinski definition) is 3. The van der Waals surface area contributed by atoms with Crippen molar-refractivity contribution in [2.24, 2.45) is 0 Å². The molecule has 0 aromatic carbocycles. The second-order valence-electron chi connectivity index (χ2n) is 3.63. The van der Waals surface area contributed by atoms with E-state index >= 15 is 0 Å². The first kappa shape index (κ1) is 12.5. The average Bonchev–Trinajstić information content (AvgIpc) is 2.35. The first-order valence-electron chi connectivity index (χ1n) is 4.58. The quantitative estimate of drug-likeness (QED) is 0.654. The molecule has 78 valence electrons. The highest BCUT2D eigenvalue weighted by molar-refractivity contribution is 5.01. The number of hydrogen-bond donors (Lipinski definition) is 2. The monoisotopic (exact) mass is 188 g/mol. The van der Waals surface area contributed by atoms with Gasteiger partial charge in [-0.05, 0) is 33.8 Å². The highest BCUT2D eigenvalue weighted by Crippen LogP contribution is 2.25. The molecular weight excluding hydrogens is 168 g/mol. The maximum absolute atomic E-state index is 9.48. The zero-order chi connectivity index (χ0) is 10.5. The van der Waals surface area contributed by atoms with Crippen LogP contribution in [0.2, 0.25) is 0 Å². The van der Waals surface area contributed by atoms with Gasteiger partial charge in [0.2, 0.25) is 0 Å². The summed E-state index contributed by atoms with van der Waals surface area (Å²) in [5, 5.41) is 17.0. The van der Waals surface area contributed by atoms with E-state index in [0.717, 1.165) is 12.2 Å². The van der Waals surface area contributed by atoms with Crippen LogP contribution in [0.15, 0.2) is 11.8 Å². The molecule has 1 aliphatic heterocycles. The predicted molar refractivity (Wildman–Crippen MR) is 52.3 cm³/mol. The van der Waals surface area contributed by atoms with E-state index in [1.807, 2.05) is 13.0 Å². The molecule has 1 rings (SSSR count). The third-order valence-corrected chi connectivity index (χ3v) is 1.74. The fourth-order valence-corrected chi connectivity index (χ4v) is 1.03. The Bertz CT molecular complexity index is 167. The summed E-state index contributed by atoms with van der Waals surface area (Å²) >= 11 is 0. The van der Waals surface area contributed by atoms with Gasteiger partial charge in [-0.3, -0.25) is 0 Å². The van der Waals surface area contributed by atoms with Gasteiger partial charge < -0.3 is 14.9 Å². The number of allylic oxidation sites excluding steroid dienone is 1. The second-order valence-corrected chi connectivity index (χ2v) is 3.63. The molecule has 1 unspecified atom stereocenters. The Labute approximate surface area is 80.0 Å². The minimum absolute atomic E-state index is 0.0486. The molecule has 0 aliphatic carbocycles. The van der Waals surface area contributed by atoms with Crippen LogP contribution in [0.3, 0.4) is 0 Å². The molecule has 0 radical (unpaired) electrons. The molecule has 0 amide bonds. The fourth-order valence-electron chi connectivity index (χ4n) is 1.03. The third kappa shape index (κ3) is 4.90. The van der Waals surface area contributed by atoms with Crippen LogP contribution in [0, 0.1) is 0 Å². The summed E-state index contributed by atoms with van der Waals surface area (Å²) in [6.07, 6.45) is 2.78. The molecule has 0 bridgehead atoms. The van der Waals surface area contributed by atoms with E-state index < -0.39 is 5.60 Å². The second kappa shape index (κ2) is 5.25. The summed E-state index contributed by atoms with van der Waals surface area (Å²) in [6, 6.07) is 0. The lowest BCUT2D eigenvalue weighted by atomic mass is 10.0. The van der Waals surface area contributed by atoms with Crippen molar-refractivity contribution in [3.63, 3.8) is 0 Å². The largest absolute Gasteiger partial charge is 0.492 e. The van der Waals surface area contributed by atoms with E-state index in [9.17, 15) is 5.11 Å². The van der Waals surface area contributed by atoms with Crippen LogP contribution >= 0.6 is 0 Å². The predicted octanol–water partition coefficient (Wildman–Crippen LogP) is 1.45. The normalized spacial score (nSPS) is 21.4. The van der Waals surface area contributed by atoms with Crippen molar-refractivity contribution in [2.75, 3.05) is 6.61 Å². The van der Waals surface area contributed by atoms with Crippen molar-refractivity contribution in [1.29, 1.82) is 0 Å². The van der Waals surface area contributed by atoms with Crippen molar-refractivity contribution >= 4 is 0 Å². The SMILES string of the molecule is CC1=CCC(C(C)(C)O)O1.CCO. The molecule has 1 atom stereocenters. The summed E-state index contributed by atoms with van der Waals surface area (Å²) in [6.45, 7) is 7.37.